The van der Waals surface area contributed by atoms with Crippen LogP contribution in [0.5, 0.6) is 0 Å². The fourth-order valence-electron chi connectivity index (χ4n) is 4.05. The van der Waals surface area contributed by atoms with Crippen molar-refractivity contribution in [3.63, 3.8) is 0 Å². The van der Waals surface area contributed by atoms with Crippen LogP contribution in [0.3, 0.4) is 0 Å². The van der Waals surface area contributed by atoms with E-state index in [9.17, 15) is 4.79 Å². The minimum atomic E-state index is -0.109. The van der Waals surface area contributed by atoms with Gasteiger partial charge in [0.15, 0.2) is 0 Å². The van der Waals surface area contributed by atoms with Crippen molar-refractivity contribution >= 4 is 23.2 Å². The first-order valence-corrected chi connectivity index (χ1v) is 11.7. The van der Waals surface area contributed by atoms with Crippen LogP contribution in [0, 0.1) is 0 Å². The summed E-state index contributed by atoms with van der Waals surface area (Å²) >= 11 is 0. The Labute approximate surface area is 206 Å². The molecule has 0 bridgehead atoms. The molecule has 0 radical (unpaired) electrons. The van der Waals surface area contributed by atoms with Gasteiger partial charge in [-0.25, -0.2) is 0 Å². The Morgan fingerprint density at radius 1 is 0.486 bits per heavy atom. The Kier molecular flexibility index (Phi) is 6.63. The summed E-state index contributed by atoms with van der Waals surface area (Å²) in [7, 11) is 0. The summed E-state index contributed by atoms with van der Waals surface area (Å²) in [5, 5.41) is 2.95. The molecule has 168 valence electrons. The number of benzene rings is 5. The van der Waals surface area contributed by atoms with Gasteiger partial charge in [0.05, 0.1) is 0 Å². The van der Waals surface area contributed by atoms with Crippen LogP contribution in [0.15, 0.2) is 140 Å². The zero-order chi connectivity index (χ0) is 23.9. The summed E-state index contributed by atoms with van der Waals surface area (Å²) in [6, 6.07) is 46.7. The smallest absolute Gasteiger partial charge is 0.255 e. The first-order valence-electron chi connectivity index (χ1n) is 11.7. The molecule has 0 unspecified atom stereocenters. The summed E-state index contributed by atoms with van der Waals surface area (Å²) < 4.78 is 0. The molecule has 1 N–H and O–H groups in total. The minimum absolute atomic E-state index is 0.109. The largest absolute Gasteiger partial charge is 0.322 e. The maximum absolute atomic E-state index is 12.4. The molecule has 0 atom stereocenters. The predicted molar refractivity (Wildman–Crippen MR) is 146 cm³/mol. The molecule has 5 aromatic rings. The van der Waals surface area contributed by atoms with Crippen LogP contribution in [0.1, 0.15) is 27.0 Å². The average molecular weight is 452 g/mol. The van der Waals surface area contributed by atoms with E-state index < -0.39 is 0 Å². The number of carbonyl (C=O) groups is 1. The van der Waals surface area contributed by atoms with Crippen LogP contribution in [-0.2, 0) is 0 Å². The molecule has 0 aromatic heterocycles. The fourth-order valence-corrected chi connectivity index (χ4v) is 4.05. The quantitative estimate of drug-likeness (QED) is 0.259. The second kappa shape index (κ2) is 10.5. The lowest BCUT2D eigenvalue weighted by atomic mass is 9.95. The van der Waals surface area contributed by atoms with Crippen molar-refractivity contribution in [3.05, 3.63) is 162 Å². The van der Waals surface area contributed by atoms with Crippen molar-refractivity contribution in [3.8, 4) is 11.1 Å². The van der Waals surface area contributed by atoms with Gasteiger partial charge >= 0.3 is 0 Å². The normalized spacial score (nSPS) is 10.4. The molecule has 2 nitrogen and oxygen atoms in total. The van der Waals surface area contributed by atoms with Gasteiger partial charge in [0.2, 0.25) is 0 Å². The molecule has 0 heterocycles. The summed E-state index contributed by atoms with van der Waals surface area (Å²) in [6.45, 7) is 0. The fraction of sp³-hybridized carbons (Fsp3) is 0. The summed E-state index contributed by atoms with van der Waals surface area (Å²) in [6.07, 6.45) is 2.23. The highest BCUT2D eigenvalue weighted by molar-refractivity contribution is 6.04. The third-order valence-corrected chi connectivity index (χ3v) is 5.90. The van der Waals surface area contributed by atoms with Crippen LogP contribution in [0.25, 0.3) is 22.8 Å². The summed E-state index contributed by atoms with van der Waals surface area (Å²) in [5.41, 5.74) is 8.37. The van der Waals surface area contributed by atoms with Gasteiger partial charge < -0.3 is 5.32 Å². The Morgan fingerprint density at radius 3 is 1.40 bits per heavy atom. The lowest BCUT2D eigenvalue weighted by Gasteiger charge is -2.10. The molecule has 2 heteroatoms. The third-order valence-electron chi connectivity index (χ3n) is 5.90. The number of nitrogens with one attached hydrogen (secondary N) is 1. The Balaban J connectivity index is 1.35. The van der Waals surface area contributed by atoms with E-state index in [4.69, 9.17) is 0 Å². The van der Waals surface area contributed by atoms with Crippen molar-refractivity contribution in [2.45, 2.75) is 0 Å². The molecule has 5 rings (SSSR count). The van der Waals surface area contributed by atoms with Crippen LogP contribution in [0.2, 0.25) is 0 Å². The second-order valence-electron chi connectivity index (χ2n) is 8.31. The average Bonchev–Trinajstić information content (AvgIpc) is 2.94. The van der Waals surface area contributed by atoms with Gasteiger partial charge in [-0.3, -0.25) is 4.79 Å². The van der Waals surface area contributed by atoms with Gasteiger partial charge in [-0.15, -0.1) is 0 Å². The SMILES string of the molecule is O=C(Nc1ccc(-c2ccc(C=C(c3ccccc3)c3ccccc3)cc2)cc1)c1ccccc1. The van der Waals surface area contributed by atoms with E-state index in [2.05, 4.69) is 84.2 Å². The van der Waals surface area contributed by atoms with Crippen LogP contribution < -0.4 is 5.32 Å². The molecular formula is C33H25NO. The minimum Gasteiger partial charge on any atom is -0.322 e. The first-order chi connectivity index (χ1) is 17.3. The zero-order valence-electron chi connectivity index (χ0n) is 19.3. The lowest BCUT2D eigenvalue weighted by molar-refractivity contribution is 0.102. The Bertz CT molecular complexity index is 1380. The van der Waals surface area contributed by atoms with Gasteiger partial charge in [0.1, 0.15) is 0 Å². The summed E-state index contributed by atoms with van der Waals surface area (Å²) in [5.74, 6) is -0.109. The van der Waals surface area contributed by atoms with Gasteiger partial charge in [0, 0.05) is 11.3 Å². The van der Waals surface area contributed by atoms with Crippen LogP contribution in [0.4, 0.5) is 5.69 Å². The van der Waals surface area contributed by atoms with E-state index in [0.29, 0.717) is 5.56 Å². The van der Waals surface area contributed by atoms with Crippen LogP contribution in [-0.4, -0.2) is 5.91 Å². The van der Waals surface area contributed by atoms with E-state index in [1.165, 1.54) is 16.7 Å². The van der Waals surface area contributed by atoms with Gasteiger partial charge in [-0.2, -0.15) is 0 Å². The molecule has 0 saturated carbocycles. The zero-order valence-corrected chi connectivity index (χ0v) is 19.3. The lowest BCUT2D eigenvalue weighted by Crippen LogP contribution is -2.11. The highest BCUT2D eigenvalue weighted by atomic mass is 16.1. The number of anilines is 1. The molecule has 0 saturated heterocycles. The molecule has 0 fully saturated rings. The molecule has 0 aliphatic rings. The highest BCUT2D eigenvalue weighted by Crippen LogP contribution is 2.28. The monoisotopic (exact) mass is 451 g/mol. The number of hydrogen-bond donors (Lipinski definition) is 1. The first kappa shape index (κ1) is 22.1. The van der Waals surface area contributed by atoms with Crippen molar-refractivity contribution in [2.24, 2.45) is 0 Å². The highest BCUT2D eigenvalue weighted by Gasteiger charge is 2.07. The summed E-state index contributed by atoms with van der Waals surface area (Å²) in [4.78, 5) is 12.4. The third kappa shape index (κ3) is 5.45. The van der Waals surface area contributed by atoms with Gasteiger partial charge in [0.25, 0.3) is 5.91 Å². The number of hydrogen-bond acceptors (Lipinski definition) is 1. The number of carbonyl (C=O) groups excluding carboxylic acids is 1. The molecule has 35 heavy (non-hydrogen) atoms. The molecule has 0 aliphatic carbocycles. The van der Waals surface area contributed by atoms with Gasteiger partial charge in [-0.1, -0.05) is 115 Å². The maximum atomic E-state index is 12.4. The van der Waals surface area contributed by atoms with Crippen molar-refractivity contribution in [1.82, 2.24) is 0 Å². The van der Waals surface area contributed by atoms with E-state index in [0.717, 1.165) is 22.4 Å². The van der Waals surface area contributed by atoms with Gasteiger partial charge in [-0.05, 0) is 63.7 Å². The topological polar surface area (TPSA) is 29.1 Å². The van der Waals surface area contributed by atoms with E-state index >= 15 is 0 Å². The van der Waals surface area contributed by atoms with E-state index in [1.54, 1.807) is 12.1 Å². The maximum Gasteiger partial charge on any atom is 0.255 e. The van der Waals surface area contributed by atoms with Crippen LogP contribution >= 0.6 is 0 Å². The van der Waals surface area contributed by atoms with Crippen molar-refractivity contribution in [2.75, 3.05) is 5.32 Å². The molecule has 5 aromatic carbocycles. The van der Waals surface area contributed by atoms with Crippen molar-refractivity contribution in [1.29, 1.82) is 0 Å². The number of amides is 1. The molecule has 0 spiro atoms. The molecular weight excluding hydrogens is 426 g/mol. The Morgan fingerprint density at radius 2 is 0.914 bits per heavy atom. The van der Waals surface area contributed by atoms with E-state index in [-0.39, 0.29) is 5.91 Å². The van der Waals surface area contributed by atoms with E-state index in [1.807, 2.05) is 54.6 Å². The predicted octanol–water partition coefficient (Wildman–Crippen LogP) is 8.19. The second-order valence-corrected chi connectivity index (χ2v) is 8.31. The molecule has 0 aliphatic heterocycles. The molecule has 1 amide bonds. The Hall–Kier alpha value is -4.69. The number of rotatable bonds is 6. The van der Waals surface area contributed by atoms with Crippen molar-refractivity contribution < 1.29 is 4.79 Å². The standard InChI is InChI=1S/C33H25NO/c35-33(30-14-8-3-9-15-30)34-31-22-20-27(21-23-31)26-18-16-25(17-19-26)24-32(28-10-4-1-5-11-28)29-12-6-2-7-13-29/h1-24H,(H,34,35).